The Hall–Kier alpha value is -1.65. The molecular weight excluding hydrogens is 254 g/mol. The van der Waals surface area contributed by atoms with Gasteiger partial charge >= 0.3 is 5.97 Å². The molecule has 1 saturated carbocycles. The molecule has 0 amide bonds. The van der Waals surface area contributed by atoms with Gasteiger partial charge in [-0.25, -0.2) is 4.39 Å². The van der Waals surface area contributed by atoms with Crippen LogP contribution in [0.25, 0.3) is 0 Å². The van der Waals surface area contributed by atoms with Gasteiger partial charge in [-0.1, -0.05) is 18.9 Å². The lowest BCUT2D eigenvalue weighted by atomic mass is 9.78. The predicted octanol–water partition coefficient (Wildman–Crippen LogP) is 3.26. The van der Waals surface area contributed by atoms with Gasteiger partial charge in [-0.3, -0.25) is 4.79 Å². The molecule has 0 aliphatic heterocycles. The molecule has 0 unspecified atom stereocenters. The molecule has 1 aliphatic rings. The van der Waals surface area contributed by atoms with Crippen LogP contribution < -0.4 is 4.74 Å². The van der Waals surface area contributed by atoms with Gasteiger partial charge in [-0.15, -0.1) is 0 Å². The molecule has 0 saturated heterocycles. The maximum Gasteiger partial charge on any atom is 0.314 e. The van der Waals surface area contributed by atoms with Crippen molar-refractivity contribution < 1.29 is 23.4 Å². The highest BCUT2D eigenvalue weighted by Crippen LogP contribution is 2.43. The zero-order valence-electron chi connectivity index (χ0n) is 10.7. The molecular formula is C14H16F2O3. The molecule has 0 spiro atoms. The Morgan fingerprint density at radius 2 is 1.95 bits per heavy atom. The predicted molar refractivity (Wildman–Crippen MR) is 65.3 cm³/mol. The van der Waals surface area contributed by atoms with E-state index in [4.69, 9.17) is 4.74 Å². The van der Waals surface area contributed by atoms with E-state index in [2.05, 4.69) is 0 Å². The number of carboxylic acids is 1. The SMILES string of the molecule is CCOc1ccc(C2(C(=O)O)CCCC2)c(F)c1F. The van der Waals surface area contributed by atoms with Crippen LogP contribution in [0, 0.1) is 11.6 Å². The molecule has 0 bridgehead atoms. The van der Waals surface area contributed by atoms with E-state index in [1.165, 1.54) is 12.1 Å². The summed E-state index contributed by atoms with van der Waals surface area (Å²) in [5.41, 5.74) is -1.37. The molecule has 1 aliphatic carbocycles. The smallest absolute Gasteiger partial charge is 0.314 e. The number of benzene rings is 1. The number of aliphatic carboxylic acids is 1. The summed E-state index contributed by atoms with van der Waals surface area (Å²) in [6.45, 7) is 1.89. The number of ether oxygens (including phenoxy) is 1. The number of halogens is 2. The Morgan fingerprint density at radius 1 is 1.32 bits per heavy atom. The highest BCUT2D eigenvalue weighted by Gasteiger charge is 2.45. The molecule has 1 fully saturated rings. The highest BCUT2D eigenvalue weighted by atomic mass is 19.2. The van der Waals surface area contributed by atoms with Gasteiger partial charge in [-0.05, 0) is 25.8 Å². The third-order valence-electron chi connectivity index (χ3n) is 3.73. The summed E-state index contributed by atoms with van der Waals surface area (Å²) < 4.78 is 32.9. The van der Waals surface area contributed by atoms with Crippen LogP contribution in [0.3, 0.4) is 0 Å². The molecule has 0 heterocycles. The van der Waals surface area contributed by atoms with Crippen LogP contribution in [-0.4, -0.2) is 17.7 Å². The number of carbonyl (C=O) groups is 1. The van der Waals surface area contributed by atoms with Crippen molar-refractivity contribution >= 4 is 5.97 Å². The fourth-order valence-corrected chi connectivity index (χ4v) is 2.75. The number of hydrogen-bond acceptors (Lipinski definition) is 2. The van der Waals surface area contributed by atoms with Crippen LogP contribution in [0.2, 0.25) is 0 Å². The van der Waals surface area contributed by atoms with Gasteiger partial charge in [-0.2, -0.15) is 4.39 Å². The van der Waals surface area contributed by atoms with Crippen molar-refractivity contribution in [3.8, 4) is 5.75 Å². The normalized spacial score (nSPS) is 17.4. The largest absolute Gasteiger partial charge is 0.491 e. The minimum Gasteiger partial charge on any atom is -0.491 e. The minimum absolute atomic E-state index is 0.0709. The summed E-state index contributed by atoms with van der Waals surface area (Å²) in [5, 5.41) is 9.38. The molecule has 1 aromatic carbocycles. The molecule has 0 radical (unpaired) electrons. The van der Waals surface area contributed by atoms with E-state index in [0.717, 1.165) is 0 Å². The average molecular weight is 270 g/mol. The second-order valence-corrected chi connectivity index (χ2v) is 4.77. The molecule has 0 atom stereocenters. The van der Waals surface area contributed by atoms with Gasteiger partial charge < -0.3 is 9.84 Å². The van der Waals surface area contributed by atoms with Gasteiger partial charge in [0.1, 0.15) is 0 Å². The summed E-state index contributed by atoms with van der Waals surface area (Å²) in [7, 11) is 0. The fraction of sp³-hybridized carbons (Fsp3) is 0.500. The number of hydrogen-bond donors (Lipinski definition) is 1. The van der Waals surface area contributed by atoms with Crippen molar-refractivity contribution in [3.05, 3.63) is 29.3 Å². The van der Waals surface area contributed by atoms with E-state index >= 15 is 0 Å². The Bertz CT molecular complexity index is 494. The maximum atomic E-state index is 14.1. The van der Waals surface area contributed by atoms with Crippen molar-refractivity contribution in [3.63, 3.8) is 0 Å². The van der Waals surface area contributed by atoms with Crippen molar-refractivity contribution in [1.29, 1.82) is 0 Å². The Labute approximate surface area is 110 Å². The molecule has 3 nitrogen and oxygen atoms in total. The third kappa shape index (κ3) is 2.17. The summed E-state index contributed by atoms with van der Waals surface area (Å²) in [4.78, 5) is 11.5. The first-order valence-electron chi connectivity index (χ1n) is 6.37. The van der Waals surface area contributed by atoms with Crippen LogP contribution in [0.15, 0.2) is 12.1 Å². The second kappa shape index (κ2) is 5.15. The highest BCUT2D eigenvalue weighted by molar-refractivity contribution is 5.82. The summed E-state index contributed by atoms with van der Waals surface area (Å²) in [6.07, 6.45) is 2.10. The lowest BCUT2D eigenvalue weighted by Gasteiger charge is -2.25. The van der Waals surface area contributed by atoms with Gasteiger partial charge in [0.15, 0.2) is 11.6 Å². The quantitative estimate of drug-likeness (QED) is 0.913. The Morgan fingerprint density at radius 3 is 2.47 bits per heavy atom. The molecule has 5 heteroatoms. The van der Waals surface area contributed by atoms with Crippen molar-refractivity contribution in [1.82, 2.24) is 0 Å². The van der Waals surface area contributed by atoms with Crippen LogP contribution >= 0.6 is 0 Å². The van der Waals surface area contributed by atoms with E-state index in [0.29, 0.717) is 25.7 Å². The van der Waals surface area contributed by atoms with Gasteiger partial charge in [0.05, 0.1) is 12.0 Å². The van der Waals surface area contributed by atoms with Gasteiger partial charge in [0.25, 0.3) is 0 Å². The average Bonchev–Trinajstić information content (AvgIpc) is 2.86. The molecule has 19 heavy (non-hydrogen) atoms. The van der Waals surface area contributed by atoms with Crippen molar-refractivity contribution in [2.75, 3.05) is 6.61 Å². The Balaban J connectivity index is 2.50. The third-order valence-corrected chi connectivity index (χ3v) is 3.73. The lowest BCUT2D eigenvalue weighted by molar-refractivity contribution is -0.143. The summed E-state index contributed by atoms with van der Waals surface area (Å²) in [6, 6.07) is 2.64. The fourth-order valence-electron chi connectivity index (χ4n) is 2.75. The van der Waals surface area contributed by atoms with Gasteiger partial charge in [0, 0.05) is 5.56 Å². The monoisotopic (exact) mass is 270 g/mol. The molecule has 104 valence electrons. The topological polar surface area (TPSA) is 46.5 Å². The Kier molecular flexibility index (Phi) is 3.73. The molecule has 0 aromatic heterocycles. The zero-order valence-corrected chi connectivity index (χ0v) is 10.7. The standard InChI is InChI=1S/C14H16F2O3/c1-2-19-10-6-5-9(11(15)12(10)16)14(13(17)18)7-3-4-8-14/h5-6H,2-4,7-8H2,1H3,(H,17,18). The number of rotatable bonds is 4. The second-order valence-electron chi connectivity index (χ2n) is 4.77. The van der Waals surface area contributed by atoms with Crippen molar-refractivity contribution in [2.24, 2.45) is 0 Å². The van der Waals surface area contributed by atoms with Crippen molar-refractivity contribution in [2.45, 2.75) is 38.0 Å². The lowest BCUT2D eigenvalue weighted by Crippen LogP contribution is -2.34. The molecule has 2 rings (SSSR count). The van der Waals surface area contributed by atoms with E-state index in [-0.39, 0.29) is 17.9 Å². The van der Waals surface area contributed by atoms with Crippen LogP contribution in [0.5, 0.6) is 5.75 Å². The minimum atomic E-state index is -1.30. The first kappa shape index (κ1) is 13.8. The first-order chi connectivity index (χ1) is 9.03. The summed E-state index contributed by atoms with van der Waals surface area (Å²) in [5.74, 6) is -3.48. The van der Waals surface area contributed by atoms with Gasteiger partial charge in [0.2, 0.25) is 5.82 Å². The molecule has 1 N–H and O–H groups in total. The summed E-state index contributed by atoms with van der Waals surface area (Å²) >= 11 is 0. The van der Waals surface area contributed by atoms with E-state index in [1.807, 2.05) is 0 Å². The first-order valence-corrected chi connectivity index (χ1v) is 6.37. The van der Waals surface area contributed by atoms with E-state index in [9.17, 15) is 18.7 Å². The molecule has 1 aromatic rings. The zero-order chi connectivity index (χ0) is 14.0. The van der Waals surface area contributed by atoms with Crippen LogP contribution in [0.1, 0.15) is 38.2 Å². The van der Waals surface area contributed by atoms with Crippen LogP contribution in [-0.2, 0) is 10.2 Å². The maximum absolute atomic E-state index is 14.1. The van der Waals surface area contributed by atoms with E-state index in [1.54, 1.807) is 6.92 Å². The van der Waals surface area contributed by atoms with E-state index < -0.39 is 23.0 Å². The number of carboxylic acid groups (broad SMARTS) is 1. The van der Waals surface area contributed by atoms with Crippen LogP contribution in [0.4, 0.5) is 8.78 Å².